The van der Waals surface area contributed by atoms with Crippen molar-refractivity contribution in [1.29, 1.82) is 0 Å². The zero-order chi connectivity index (χ0) is 22.8. The van der Waals surface area contributed by atoms with Gasteiger partial charge in [-0.25, -0.2) is 13.1 Å². The Hall–Kier alpha value is -4.30. The quantitative estimate of drug-likeness (QED) is 0.408. The van der Waals surface area contributed by atoms with Gasteiger partial charge in [-0.3, -0.25) is 15.1 Å². The second-order valence-electron chi connectivity index (χ2n) is 7.28. The van der Waals surface area contributed by atoms with Crippen LogP contribution in [0, 0.1) is 0 Å². The average molecular weight is 455 g/mol. The van der Waals surface area contributed by atoms with Gasteiger partial charge in [0.2, 0.25) is 0 Å². The summed E-state index contributed by atoms with van der Waals surface area (Å²) >= 11 is 0. The maximum atomic E-state index is 13.2. The Morgan fingerprint density at radius 1 is 0.818 bits per heavy atom. The van der Waals surface area contributed by atoms with Crippen molar-refractivity contribution >= 4 is 31.8 Å². The molecule has 5 aromatic rings. The molecule has 162 valence electrons. The molecule has 0 aliphatic heterocycles. The lowest BCUT2D eigenvalue weighted by molar-refractivity contribution is 0.267. The van der Waals surface area contributed by atoms with Crippen molar-refractivity contribution in [3.05, 3.63) is 103 Å². The summed E-state index contributed by atoms with van der Waals surface area (Å²) in [6.07, 6.45) is 1.50. The van der Waals surface area contributed by atoms with Gasteiger partial charge in [-0.2, -0.15) is 5.10 Å². The molecule has 8 heteroatoms. The third-order valence-corrected chi connectivity index (χ3v) is 6.64. The number of para-hydroxylation sites is 2. The summed E-state index contributed by atoms with van der Waals surface area (Å²) in [6, 6.07) is 28.4. The van der Waals surface area contributed by atoms with Crippen LogP contribution in [0.4, 0.5) is 10.6 Å². The maximum Gasteiger partial charge on any atom is 0.346 e. The van der Waals surface area contributed by atoms with E-state index in [4.69, 9.17) is 0 Å². The largest absolute Gasteiger partial charge is 0.346 e. The molecule has 0 fully saturated rings. The molecular weight excluding hydrogens is 436 g/mol. The number of nitrogens with one attached hydrogen (secondary N) is 1. The van der Waals surface area contributed by atoms with E-state index in [0.717, 1.165) is 5.56 Å². The summed E-state index contributed by atoms with van der Waals surface area (Å²) in [5.41, 5.74) is 2.36. The molecule has 0 aliphatic carbocycles. The van der Waals surface area contributed by atoms with Crippen LogP contribution in [0.25, 0.3) is 27.8 Å². The van der Waals surface area contributed by atoms with Crippen LogP contribution in [0.2, 0.25) is 0 Å². The van der Waals surface area contributed by atoms with Crippen molar-refractivity contribution in [3.63, 3.8) is 0 Å². The number of amides is 1. The van der Waals surface area contributed by atoms with Crippen molar-refractivity contribution < 1.29 is 13.2 Å². The fourth-order valence-electron chi connectivity index (χ4n) is 3.55. The van der Waals surface area contributed by atoms with Gasteiger partial charge in [-0.1, -0.05) is 66.7 Å². The molecule has 0 aliphatic rings. The number of aromatic nitrogens is 3. The summed E-state index contributed by atoms with van der Waals surface area (Å²) in [5, 5.41) is 6.63. The normalized spacial score (nSPS) is 11.4. The molecule has 0 saturated carbocycles. The first-order valence-corrected chi connectivity index (χ1v) is 11.6. The molecule has 5 rings (SSSR count). The van der Waals surface area contributed by atoms with E-state index in [1.54, 1.807) is 30.3 Å². The van der Waals surface area contributed by atoms with Crippen molar-refractivity contribution in [3.8, 4) is 16.9 Å². The van der Waals surface area contributed by atoms with E-state index in [9.17, 15) is 13.2 Å². The van der Waals surface area contributed by atoms with Gasteiger partial charge in [0.05, 0.1) is 16.9 Å². The zero-order valence-corrected chi connectivity index (χ0v) is 18.1. The number of sulfone groups is 1. The van der Waals surface area contributed by atoms with E-state index in [1.807, 2.05) is 60.7 Å². The predicted molar refractivity (Wildman–Crippen MR) is 127 cm³/mol. The highest BCUT2D eigenvalue weighted by Crippen LogP contribution is 2.27. The topological polar surface area (TPSA) is 94.0 Å². The molecule has 2 heterocycles. The van der Waals surface area contributed by atoms with Crippen LogP contribution in [0.1, 0.15) is 0 Å². The molecule has 3 aromatic carbocycles. The number of anilines is 1. The number of carbonyl (C=O) groups is 1. The highest BCUT2D eigenvalue weighted by molar-refractivity contribution is 8.06. The van der Waals surface area contributed by atoms with E-state index in [2.05, 4.69) is 15.4 Å². The van der Waals surface area contributed by atoms with Gasteiger partial charge in [0, 0.05) is 23.2 Å². The lowest BCUT2D eigenvalue weighted by Gasteiger charge is -2.10. The molecule has 0 radical (unpaired) electrons. The molecule has 2 aromatic heterocycles. The third kappa shape index (κ3) is 3.88. The van der Waals surface area contributed by atoms with Crippen LogP contribution in [0.15, 0.2) is 108 Å². The smallest absolute Gasteiger partial charge is 0.297 e. The third-order valence-electron chi connectivity index (χ3n) is 5.14. The fraction of sp³-hybridized carbons (Fsp3) is 0. The molecule has 0 atom stereocenters. The monoisotopic (exact) mass is 454 g/mol. The number of hydrogen-bond acceptors (Lipinski definition) is 5. The Morgan fingerprint density at radius 3 is 2.27 bits per heavy atom. The van der Waals surface area contributed by atoms with E-state index in [0.29, 0.717) is 16.8 Å². The first kappa shape index (κ1) is 20.6. The van der Waals surface area contributed by atoms with Crippen molar-refractivity contribution in [1.82, 2.24) is 14.8 Å². The molecule has 0 unspecified atom stereocenters. The van der Waals surface area contributed by atoms with Crippen LogP contribution in [0.3, 0.4) is 0 Å². The number of fused-ring (bicyclic) bond motifs is 1. The van der Waals surface area contributed by atoms with Crippen molar-refractivity contribution in [2.24, 2.45) is 0 Å². The van der Waals surface area contributed by atoms with Crippen LogP contribution < -0.4 is 5.32 Å². The summed E-state index contributed by atoms with van der Waals surface area (Å²) in [5.74, 6) is 0.238. The molecule has 1 amide bonds. The SMILES string of the molecule is O=C(Nc1cc(-c2ccccc2)nn1-c1ccccc1)S(=O)(=O)c1cccc2cccnc12. The molecule has 0 saturated heterocycles. The second kappa shape index (κ2) is 8.33. The predicted octanol–water partition coefficient (Wildman–Crippen LogP) is 5.09. The maximum absolute atomic E-state index is 13.2. The van der Waals surface area contributed by atoms with E-state index in [-0.39, 0.29) is 16.2 Å². The van der Waals surface area contributed by atoms with Gasteiger partial charge in [-0.15, -0.1) is 0 Å². The average Bonchev–Trinajstić information content (AvgIpc) is 3.28. The fourth-order valence-corrected chi connectivity index (χ4v) is 4.67. The number of pyridine rings is 1. The Morgan fingerprint density at radius 2 is 1.52 bits per heavy atom. The molecular formula is C25H18N4O3S. The van der Waals surface area contributed by atoms with Crippen LogP contribution in [-0.2, 0) is 9.84 Å². The highest BCUT2D eigenvalue weighted by atomic mass is 32.2. The van der Waals surface area contributed by atoms with Crippen molar-refractivity contribution in [2.45, 2.75) is 4.90 Å². The zero-order valence-electron chi connectivity index (χ0n) is 17.3. The Balaban J connectivity index is 1.57. The first-order chi connectivity index (χ1) is 16.0. The Labute approximate surface area is 190 Å². The second-order valence-corrected chi connectivity index (χ2v) is 9.09. The molecule has 1 N–H and O–H groups in total. The number of carbonyl (C=O) groups excluding carboxylic acids is 1. The minimum absolute atomic E-state index is 0.146. The van der Waals surface area contributed by atoms with Gasteiger partial charge < -0.3 is 0 Å². The standard InChI is InChI=1S/C25H18N4O3S/c30-25(33(31,32)22-15-7-11-19-12-8-16-26-24(19)22)27-23-17-21(18-9-3-1-4-10-18)28-29(23)20-13-5-2-6-14-20/h1-17H,(H,27,30). The summed E-state index contributed by atoms with van der Waals surface area (Å²) in [7, 11) is -4.37. The Bertz CT molecular complexity index is 1560. The Kier molecular flexibility index (Phi) is 5.20. The molecule has 0 spiro atoms. The minimum atomic E-state index is -4.37. The van der Waals surface area contributed by atoms with Gasteiger partial charge in [0.25, 0.3) is 9.84 Å². The van der Waals surface area contributed by atoms with Gasteiger partial charge in [0.15, 0.2) is 0 Å². The molecule has 7 nitrogen and oxygen atoms in total. The van der Waals surface area contributed by atoms with Gasteiger partial charge in [-0.05, 0) is 24.3 Å². The molecule has 33 heavy (non-hydrogen) atoms. The van der Waals surface area contributed by atoms with E-state index < -0.39 is 15.1 Å². The summed E-state index contributed by atoms with van der Waals surface area (Å²) in [6.45, 7) is 0. The number of hydrogen-bond donors (Lipinski definition) is 1. The number of nitrogens with zero attached hydrogens (tertiary/aromatic N) is 3. The van der Waals surface area contributed by atoms with Crippen molar-refractivity contribution in [2.75, 3.05) is 5.32 Å². The lowest BCUT2D eigenvalue weighted by atomic mass is 10.2. The van der Waals surface area contributed by atoms with E-state index in [1.165, 1.54) is 16.9 Å². The summed E-state index contributed by atoms with van der Waals surface area (Å²) < 4.78 is 27.9. The number of rotatable bonds is 4. The molecule has 0 bridgehead atoms. The summed E-state index contributed by atoms with van der Waals surface area (Å²) in [4.78, 5) is 17.1. The van der Waals surface area contributed by atoms with E-state index >= 15 is 0 Å². The number of benzene rings is 3. The van der Waals surface area contributed by atoms with Gasteiger partial charge in [0.1, 0.15) is 10.7 Å². The highest BCUT2D eigenvalue weighted by Gasteiger charge is 2.29. The van der Waals surface area contributed by atoms with Crippen LogP contribution >= 0.6 is 0 Å². The minimum Gasteiger partial charge on any atom is -0.297 e. The van der Waals surface area contributed by atoms with Crippen LogP contribution in [-0.4, -0.2) is 28.4 Å². The lowest BCUT2D eigenvalue weighted by Crippen LogP contribution is -2.23. The van der Waals surface area contributed by atoms with Crippen LogP contribution in [0.5, 0.6) is 0 Å². The first-order valence-electron chi connectivity index (χ1n) is 10.1. The van der Waals surface area contributed by atoms with Gasteiger partial charge >= 0.3 is 5.24 Å².